The first-order chi connectivity index (χ1) is 13.6. The summed E-state index contributed by atoms with van der Waals surface area (Å²) < 4.78 is 68.2. The van der Waals surface area contributed by atoms with E-state index >= 15 is 0 Å². The number of aryl methyl sites for hydroxylation is 1. The molecule has 3 aromatic heterocycles. The summed E-state index contributed by atoms with van der Waals surface area (Å²) in [6.07, 6.45) is -6.37. The number of pyridine rings is 1. The summed E-state index contributed by atoms with van der Waals surface area (Å²) in [6, 6.07) is 1.02. The molecule has 7 nitrogen and oxygen atoms in total. The van der Waals surface area contributed by atoms with E-state index in [-0.39, 0.29) is 23.7 Å². The molecule has 3 aromatic rings. The van der Waals surface area contributed by atoms with E-state index in [2.05, 4.69) is 15.1 Å². The number of rotatable bonds is 2. The van der Waals surface area contributed by atoms with Gasteiger partial charge in [0.1, 0.15) is 11.5 Å². The lowest BCUT2D eigenvalue weighted by Gasteiger charge is -2.31. The van der Waals surface area contributed by atoms with Crippen molar-refractivity contribution in [3.8, 4) is 0 Å². The van der Waals surface area contributed by atoms with Gasteiger partial charge >= 0.3 is 11.9 Å². The highest BCUT2D eigenvalue weighted by Gasteiger charge is 2.33. The van der Waals surface area contributed by atoms with Crippen molar-refractivity contribution in [1.82, 2.24) is 24.1 Å². The second-order valence-corrected chi connectivity index (χ2v) is 6.79. The van der Waals surface area contributed by atoms with Crippen LogP contribution >= 0.6 is 0 Å². The summed E-state index contributed by atoms with van der Waals surface area (Å²) in [6.45, 7) is 1.76. The SMILES string of the molecule is Cc1c(N2CCc3ncc(C(F)(F)F)cc3C2)nc2nn(C)c(=O)n2c1C(F)F. The lowest BCUT2D eigenvalue weighted by Crippen LogP contribution is -2.33. The van der Waals surface area contributed by atoms with E-state index in [9.17, 15) is 26.7 Å². The highest BCUT2D eigenvalue weighted by molar-refractivity contribution is 5.55. The van der Waals surface area contributed by atoms with E-state index < -0.39 is 29.5 Å². The quantitative estimate of drug-likeness (QED) is 0.604. The molecular formula is C17H15F5N6O. The first kappa shape index (κ1) is 19.3. The maximum absolute atomic E-state index is 13.7. The molecule has 0 saturated carbocycles. The number of anilines is 1. The van der Waals surface area contributed by atoms with Gasteiger partial charge in [-0.3, -0.25) is 4.98 Å². The number of fused-ring (bicyclic) bond motifs is 2. The van der Waals surface area contributed by atoms with Gasteiger partial charge in [0.2, 0.25) is 0 Å². The third kappa shape index (κ3) is 3.12. The minimum Gasteiger partial charge on any atom is -0.351 e. The fraction of sp³-hybridized carbons (Fsp3) is 0.412. The topological polar surface area (TPSA) is 68.3 Å². The molecule has 0 atom stereocenters. The molecule has 1 aliphatic heterocycles. The summed E-state index contributed by atoms with van der Waals surface area (Å²) in [4.78, 5) is 21.9. The van der Waals surface area contributed by atoms with Crippen LogP contribution in [0.15, 0.2) is 17.1 Å². The molecule has 0 saturated heterocycles. The average Bonchev–Trinajstić information content (AvgIpc) is 2.93. The Hall–Kier alpha value is -3.05. The van der Waals surface area contributed by atoms with E-state index in [1.807, 2.05) is 0 Å². The monoisotopic (exact) mass is 414 g/mol. The number of halogens is 5. The Morgan fingerprint density at radius 2 is 1.97 bits per heavy atom. The Kier molecular flexibility index (Phi) is 4.32. The molecule has 0 radical (unpaired) electrons. The van der Waals surface area contributed by atoms with Gasteiger partial charge in [0.05, 0.1) is 5.56 Å². The van der Waals surface area contributed by atoms with Crippen LogP contribution in [0.5, 0.6) is 0 Å². The minimum absolute atomic E-state index is 0.0238. The second-order valence-electron chi connectivity index (χ2n) is 6.79. The van der Waals surface area contributed by atoms with Gasteiger partial charge in [-0.1, -0.05) is 0 Å². The lowest BCUT2D eigenvalue weighted by atomic mass is 10.0. The van der Waals surface area contributed by atoms with Gasteiger partial charge in [0.15, 0.2) is 0 Å². The maximum Gasteiger partial charge on any atom is 0.417 e. The molecule has 4 heterocycles. The van der Waals surface area contributed by atoms with Crippen molar-refractivity contribution < 1.29 is 22.0 Å². The van der Waals surface area contributed by atoms with Crippen LogP contribution in [0.1, 0.15) is 34.5 Å². The van der Waals surface area contributed by atoms with Crippen molar-refractivity contribution in [3.63, 3.8) is 0 Å². The van der Waals surface area contributed by atoms with E-state index in [1.165, 1.54) is 14.0 Å². The van der Waals surface area contributed by atoms with Crippen LogP contribution in [0.25, 0.3) is 5.78 Å². The van der Waals surface area contributed by atoms with Gasteiger partial charge in [-0.2, -0.15) is 18.2 Å². The number of nitrogens with zero attached hydrogens (tertiary/aromatic N) is 6. The Morgan fingerprint density at radius 1 is 1.24 bits per heavy atom. The first-order valence-corrected chi connectivity index (χ1v) is 8.62. The number of hydrogen-bond donors (Lipinski definition) is 0. The standard InChI is InChI=1S/C17H15F5N6O/c1-8-12(13(18)19)28-15(25-26(2)16(28)29)24-14(8)27-4-3-11-9(7-27)5-10(6-23-11)17(20,21)22/h5-6,13H,3-4,7H2,1-2H3. The van der Waals surface area contributed by atoms with Crippen molar-refractivity contribution in [2.24, 2.45) is 7.05 Å². The first-order valence-electron chi connectivity index (χ1n) is 8.62. The number of hydrogen-bond acceptors (Lipinski definition) is 5. The Morgan fingerprint density at radius 3 is 2.62 bits per heavy atom. The fourth-order valence-corrected chi connectivity index (χ4v) is 3.53. The van der Waals surface area contributed by atoms with Crippen LogP contribution in [0, 0.1) is 6.92 Å². The normalized spacial score (nSPS) is 14.7. The van der Waals surface area contributed by atoms with Gasteiger partial charge in [0, 0.05) is 44.0 Å². The molecule has 0 bridgehead atoms. The van der Waals surface area contributed by atoms with Crippen molar-refractivity contribution in [1.29, 1.82) is 0 Å². The third-order valence-electron chi connectivity index (χ3n) is 4.95. The highest BCUT2D eigenvalue weighted by Crippen LogP contribution is 2.34. The van der Waals surface area contributed by atoms with Crippen LogP contribution in [-0.4, -0.2) is 30.7 Å². The van der Waals surface area contributed by atoms with Gasteiger partial charge < -0.3 is 4.90 Å². The van der Waals surface area contributed by atoms with Crippen LogP contribution in [0.4, 0.5) is 27.8 Å². The Balaban J connectivity index is 1.82. The molecule has 0 fully saturated rings. The van der Waals surface area contributed by atoms with Crippen LogP contribution < -0.4 is 10.6 Å². The summed E-state index contributed by atoms with van der Waals surface area (Å²) in [5, 5.41) is 3.88. The number of aromatic nitrogens is 5. The minimum atomic E-state index is -4.53. The fourth-order valence-electron chi connectivity index (χ4n) is 3.53. The van der Waals surface area contributed by atoms with Gasteiger partial charge in [-0.15, -0.1) is 5.10 Å². The summed E-state index contributed by atoms with van der Waals surface area (Å²) in [5.74, 6) is -0.0391. The van der Waals surface area contributed by atoms with E-state index in [1.54, 1.807) is 4.90 Å². The third-order valence-corrected chi connectivity index (χ3v) is 4.95. The maximum atomic E-state index is 13.7. The molecular weight excluding hydrogens is 399 g/mol. The zero-order valence-electron chi connectivity index (χ0n) is 15.3. The van der Waals surface area contributed by atoms with Crippen molar-refractivity contribution in [2.45, 2.75) is 32.5 Å². The van der Waals surface area contributed by atoms with Gasteiger partial charge in [0.25, 0.3) is 12.2 Å². The predicted molar refractivity (Wildman–Crippen MR) is 91.9 cm³/mol. The molecule has 4 rings (SSSR count). The average molecular weight is 414 g/mol. The van der Waals surface area contributed by atoms with Gasteiger partial charge in [-0.05, 0) is 18.6 Å². The molecule has 0 unspecified atom stereocenters. The zero-order chi connectivity index (χ0) is 21.1. The molecule has 0 spiro atoms. The van der Waals surface area contributed by atoms with Crippen molar-refractivity contribution in [3.05, 3.63) is 50.8 Å². The van der Waals surface area contributed by atoms with Crippen LogP contribution in [-0.2, 0) is 26.2 Å². The second kappa shape index (κ2) is 6.49. The molecule has 154 valence electrons. The van der Waals surface area contributed by atoms with E-state index in [0.717, 1.165) is 21.3 Å². The van der Waals surface area contributed by atoms with E-state index in [4.69, 9.17) is 0 Å². The Bertz CT molecular complexity index is 1170. The molecule has 12 heteroatoms. The number of alkyl halides is 5. The molecule has 29 heavy (non-hydrogen) atoms. The molecule has 0 aromatic carbocycles. The predicted octanol–water partition coefficient (Wildman–Crippen LogP) is 2.65. The Labute approximate surface area is 160 Å². The van der Waals surface area contributed by atoms with Crippen LogP contribution in [0.2, 0.25) is 0 Å². The largest absolute Gasteiger partial charge is 0.417 e. The smallest absolute Gasteiger partial charge is 0.351 e. The molecule has 1 aliphatic rings. The summed E-state index contributed by atoms with van der Waals surface area (Å²) in [5.41, 5.74) is -1.20. The molecule has 0 N–H and O–H groups in total. The zero-order valence-corrected chi connectivity index (χ0v) is 15.3. The highest BCUT2D eigenvalue weighted by atomic mass is 19.4. The summed E-state index contributed by atoms with van der Waals surface area (Å²) in [7, 11) is 1.32. The van der Waals surface area contributed by atoms with Gasteiger partial charge in [-0.25, -0.2) is 22.7 Å². The lowest BCUT2D eigenvalue weighted by molar-refractivity contribution is -0.137. The summed E-state index contributed by atoms with van der Waals surface area (Å²) >= 11 is 0. The van der Waals surface area contributed by atoms with Crippen molar-refractivity contribution >= 4 is 11.6 Å². The van der Waals surface area contributed by atoms with E-state index in [0.29, 0.717) is 24.2 Å². The molecule has 0 aliphatic carbocycles. The van der Waals surface area contributed by atoms with Crippen molar-refractivity contribution in [2.75, 3.05) is 11.4 Å². The van der Waals surface area contributed by atoms with Crippen LogP contribution in [0.3, 0.4) is 0 Å². The molecule has 0 amide bonds.